The Hall–Kier alpha value is -2.30. The van der Waals surface area contributed by atoms with Gasteiger partial charge < -0.3 is 4.98 Å². The minimum atomic E-state index is -0.630. The molecule has 0 fully saturated rings. The highest BCUT2D eigenvalue weighted by atomic mass is 19.1. The maximum Gasteiger partial charge on any atom is 0.178 e. The molecular formula is C13H9F2N3. The number of nitrogens with zero attached hydrogens (tertiary/aromatic N) is 2. The summed E-state index contributed by atoms with van der Waals surface area (Å²) in [4.78, 5) is 11.3. The van der Waals surface area contributed by atoms with Crippen LogP contribution in [0.4, 0.5) is 8.78 Å². The summed E-state index contributed by atoms with van der Waals surface area (Å²) in [6.07, 6.45) is 1.69. The lowest BCUT2D eigenvalue weighted by molar-refractivity contribution is 0.584. The summed E-state index contributed by atoms with van der Waals surface area (Å²) in [7, 11) is 0. The summed E-state index contributed by atoms with van der Waals surface area (Å²) in [6.45, 7) is 1.91. The fourth-order valence-corrected chi connectivity index (χ4v) is 1.83. The average molecular weight is 245 g/mol. The first kappa shape index (κ1) is 10.8. The number of benzene rings is 1. The lowest BCUT2D eigenvalue weighted by Crippen LogP contribution is -1.85. The Kier molecular flexibility index (Phi) is 2.33. The van der Waals surface area contributed by atoms with Gasteiger partial charge in [0.2, 0.25) is 0 Å². The summed E-state index contributed by atoms with van der Waals surface area (Å²) < 4.78 is 26.3. The average Bonchev–Trinajstić information content (AvgIpc) is 2.70. The van der Waals surface area contributed by atoms with Gasteiger partial charge in [-0.25, -0.2) is 18.7 Å². The molecule has 18 heavy (non-hydrogen) atoms. The first-order chi connectivity index (χ1) is 8.61. The smallest absolute Gasteiger partial charge is 0.178 e. The van der Waals surface area contributed by atoms with Crippen LogP contribution < -0.4 is 0 Å². The summed E-state index contributed by atoms with van der Waals surface area (Å²) in [6, 6.07) is 5.17. The van der Waals surface area contributed by atoms with Crippen LogP contribution in [0.15, 0.2) is 30.5 Å². The highest BCUT2D eigenvalue weighted by Crippen LogP contribution is 2.21. The minimum absolute atomic E-state index is 0.364. The van der Waals surface area contributed by atoms with Crippen molar-refractivity contribution < 1.29 is 8.78 Å². The number of pyridine rings is 1. The number of fused-ring (bicyclic) bond motifs is 1. The molecule has 0 amide bonds. The van der Waals surface area contributed by atoms with Gasteiger partial charge in [-0.3, -0.25) is 0 Å². The maximum absolute atomic E-state index is 13.1. The van der Waals surface area contributed by atoms with Gasteiger partial charge in [0.05, 0.1) is 5.52 Å². The van der Waals surface area contributed by atoms with Crippen molar-refractivity contribution in [1.82, 2.24) is 15.0 Å². The van der Waals surface area contributed by atoms with Gasteiger partial charge in [0.15, 0.2) is 5.65 Å². The predicted octanol–water partition coefficient (Wildman–Crippen LogP) is 3.21. The van der Waals surface area contributed by atoms with Crippen LogP contribution in [0.25, 0.3) is 22.6 Å². The van der Waals surface area contributed by atoms with E-state index in [-0.39, 0.29) is 0 Å². The molecule has 0 aliphatic rings. The van der Waals surface area contributed by atoms with Crippen molar-refractivity contribution in [3.05, 3.63) is 47.7 Å². The number of halogens is 2. The second kappa shape index (κ2) is 3.87. The van der Waals surface area contributed by atoms with Crippen LogP contribution in [0.1, 0.15) is 5.56 Å². The topological polar surface area (TPSA) is 41.6 Å². The summed E-state index contributed by atoms with van der Waals surface area (Å²) in [5.74, 6) is -0.856. The SMILES string of the molecule is Cc1cnc2nc(-c3cc(F)cc(F)c3)[nH]c2c1. The van der Waals surface area contributed by atoms with E-state index in [1.54, 1.807) is 6.20 Å². The number of hydrogen-bond donors (Lipinski definition) is 1. The lowest BCUT2D eigenvalue weighted by atomic mass is 10.2. The quantitative estimate of drug-likeness (QED) is 0.715. The molecule has 0 atom stereocenters. The third kappa shape index (κ3) is 1.84. The molecule has 1 aromatic carbocycles. The molecule has 1 N–H and O–H groups in total. The highest BCUT2D eigenvalue weighted by molar-refractivity contribution is 5.76. The molecule has 0 unspecified atom stereocenters. The molecule has 3 rings (SSSR count). The van der Waals surface area contributed by atoms with Crippen LogP contribution >= 0.6 is 0 Å². The normalized spacial score (nSPS) is 11.1. The molecule has 0 radical (unpaired) electrons. The zero-order valence-corrected chi connectivity index (χ0v) is 9.54. The fraction of sp³-hybridized carbons (Fsp3) is 0.0769. The van der Waals surface area contributed by atoms with Crippen molar-refractivity contribution in [3.8, 4) is 11.4 Å². The lowest BCUT2D eigenvalue weighted by Gasteiger charge is -1.97. The second-order valence-corrected chi connectivity index (χ2v) is 4.13. The predicted molar refractivity (Wildman–Crippen MR) is 64.0 cm³/mol. The van der Waals surface area contributed by atoms with Crippen LogP contribution in [0.3, 0.4) is 0 Å². The Morgan fingerprint density at radius 2 is 1.78 bits per heavy atom. The van der Waals surface area contributed by atoms with E-state index < -0.39 is 11.6 Å². The van der Waals surface area contributed by atoms with Crippen LogP contribution in [-0.2, 0) is 0 Å². The Balaban J connectivity index is 2.19. The molecule has 0 aliphatic heterocycles. The number of rotatable bonds is 1. The van der Waals surface area contributed by atoms with Gasteiger partial charge >= 0.3 is 0 Å². The molecule has 0 spiro atoms. The zero-order chi connectivity index (χ0) is 12.7. The third-order valence-corrected chi connectivity index (χ3v) is 2.61. The maximum atomic E-state index is 13.1. The van der Waals surface area contributed by atoms with Crippen molar-refractivity contribution in [2.24, 2.45) is 0 Å². The van der Waals surface area contributed by atoms with E-state index in [2.05, 4.69) is 15.0 Å². The van der Waals surface area contributed by atoms with Gasteiger partial charge in [0, 0.05) is 17.8 Å². The molecule has 3 aromatic rings. The van der Waals surface area contributed by atoms with E-state index in [4.69, 9.17) is 0 Å². The van der Waals surface area contributed by atoms with E-state index in [1.165, 1.54) is 12.1 Å². The van der Waals surface area contributed by atoms with Gasteiger partial charge in [0.25, 0.3) is 0 Å². The number of aromatic amines is 1. The fourth-order valence-electron chi connectivity index (χ4n) is 1.83. The molecule has 90 valence electrons. The Bertz CT molecular complexity index is 714. The summed E-state index contributed by atoms with van der Waals surface area (Å²) in [5, 5.41) is 0. The Morgan fingerprint density at radius 1 is 1.06 bits per heavy atom. The summed E-state index contributed by atoms with van der Waals surface area (Å²) in [5.41, 5.74) is 2.63. The first-order valence-corrected chi connectivity index (χ1v) is 5.41. The minimum Gasteiger partial charge on any atom is -0.337 e. The van der Waals surface area contributed by atoms with Crippen molar-refractivity contribution in [2.75, 3.05) is 0 Å². The van der Waals surface area contributed by atoms with Crippen LogP contribution in [0, 0.1) is 18.6 Å². The van der Waals surface area contributed by atoms with E-state index in [0.717, 1.165) is 17.1 Å². The Morgan fingerprint density at radius 3 is 2.50 bits per heavy atom. The molecule has 0 bridgehead atoms. The van der Waals surface area contributed by atoms with Gasteiger partial charge in [-0.05, 0) is 30.7 Å². The molecule has 3 nitrogen and oxygen atoms in total. The number of nitrogens with one attached hydrogen (secondary N) is 1. The standard InChI is InChI=1S/C13H9F2N3/c1-7-2-11-13(16-6-7)18-12(17-11)8-3-9(14)5-10(15)4-8/h2-6H,1H3,(H,16,17,18). The van der Waals surface area contributed by atoms with E-state index in [9.17, 15) is 8.78 Å². The number of aromatic nitrogens is 3. The van der Waals surface area contributed by atoms with Crippen LogP contribution in [0.5, 0.6) is 0 Å². The van der Waals surface area contributed by atoms with Gasteiger partial charge in [-0.1, -0.05) is 0 Å². The monoisotopic (exact) mass is 245 g/mol. The van der Waals surface area contributed by atoms with Crippen LogP contribution in [0.2, 0.25) is 0 Å². The summed E-state index contributed by atoms with van der Waals surface area (Å²) >= 11 is 0. The van der Waals surface area contributed by atoms with Crippen molar-refractivity contribution in [1.29, 1.82) is 0 Å². The molecular weight excluding hydrogens is 236 g/mol. The van der Waals surface area contributed by atoms with Gasteiger partial charge in [-0.15, -0.1) is 0 Å². The van der Waals surface area contributed by atoms with E-state index in [0.29, 0.717) is 17.0 Å². The Labute approximate surface area is 102 Å². The number of hydrogen-bond acceptors (Lipinski definition) is 2. The van der Waals surface area contributed by atoms with Crippen LogP contribution in [-0.4, -0.2) is 15.0 Å². The van der Waals surface area contributed by atoms with E-state index >= 15 is 0 Å². The number of imidazole rings is 1. The molecule has 0 aliphatic carbocycles. The first-order valence-electron chi connectivity index (χ1n) is 5.41. The third-order valence-electron chi connectivity index (χ3n) is 2.61. The molecule has 0 saturated heterocycles. The number of aryl methyl sites for hydroxylation is 1. The van der Waals surface area contributed by atoms with Crippen molar-refractivity contribution in [3.63, 3.8) is 0 Å². The van der Waals surface area contributed by atoms with Gasteiger partial charge in [0.1, 0.15) is 17.5 Å². The molecule has 2 aromatic heterocycles. The van der Waals surface area contributed by atoms with Crippen molar-refractivity contribution in [2.45, 2.75) is 6.92 Å². The largest absolute Gasteiger partial charge is 0.337 e. The highest BCUT2D eigenvalue weighted by Gasteiger charge is 2.09. The number of H-pyrrole nitrogens is 1. The molecule has 5 heteroatoms. The molecule has 2 heterocycles. The van der Waals surface area contributed by atoms with Gasteiger partial charge in [-0.2, -0.15) is 0 Å². The zero-order valence-electron chi connectivity index (χ0n) is 9.54. The molecule has 0 saturated carbocycles. The van der Waals surface area contributed by atoms with E-state index in [1.807, 2.05) is 13.0 Å². The second-order valence-electron chi connectivity index (χ2n) is 4.13. The van der Waals surface area contributed by atoms with Crippen molar-refractivity contribution >= 4 is 11.2 Å².